The molecule has 2 rings (SSSR count). The number of benzene rings is 1. The van der Waals surface area contributed by atoms with Crippen LogP contribution in [0.15, 0.2) is 36.9 Å². The van der Waals surface area contributed by atoms with E-state index in [2.05, 4.69) is 10.1 Å². The van der Waals surface area contributed by atoms with Gasteiger partial charge in [-0.2, -0.15) is 5.10 Å². The molecule has 1 heterocycles. The van der Waals surface area contributed by atoms with Gasteiger partial charge in [0, 0.05) is 16.5 Å². The lowest BCUT2D eigenvalue weighted by atomic mass is 10.2. The Morgan fingerprint density at radius 2 is 1.87 bits per heavy atom. The van der Waals surface area contributed by atoms with E-state index in [1.54, 1.807) is 11.0 Å². The Morgan fingerprint density at radius 3 is 2.40 bits per heavy atom. The molecule has 2 N–H and O–H groups in total. The number of anilines is 1. The third kappa shape index (κ3) is 3.08. The smallest absolute Gasteiger partial charge is 0.137 e. The SMILES string of the molecule is N#N.Nc1ccc(Cn2cncn2)cc1. The normalized spacial score (nSPS) is 8.93. The molecule has 15 heavy (non-hydrogen) atoms. The molecule has 0 amide bonds. The second kappa shape index (κ2) is 5.34. The van der Waals surface area contributed by atoms with Crippen molar-refractivity contribution < 1.29 is 0 Å². The van der Waals surface area contributed by atoms with Crippen LogP contribution in [0.1, 0.15) is 5.56 Å². The van der Waals surface area contributed by atoms with Crippen LogP contribution in [-0.4, -0.2) is 14.8 Å². The minimum absolute atomic E-state index is 0.736. The molecule has 0 atom stereocenters. The first-order chi connectivity index (χ1) is 7.34. The van der Waals surface area contributed by atoms with Crippen molar-refractivity contribution in [2.45, 2.75) is 6.54 Å². The van der Waals surface area contributed by atoms with Crippen LogP contribution in [0.5, 0.6) is 0 Å². The number of nitrogen functional groups attached to an aromatic ring is 1. The maximum Gasteiger partial charge on any atom is 0.137 e. The van der Waals surface area contributed by atoms with E-state index in [1.165, 1.54) is 11.9 Å². The molecule has 0 aliphatic rings. The monoisotopic (exact) mass is 202 g/mol. The Kier molecular flexibility index (Phi) is 3.79. The highest BCUT2D eigenvalue weighted by atomic mass is 15.3. The number of rotatable bonds is 2. The van der Waals surface area contributed by atoms with Gasteiger partial charge in [-0.1, -0.05) is 12.1 Å². The van der Waals surface area contributed by atoms with Crippen LogP contribution in [-0.2, 0) is 6.54 Å². The molecule has 0 unspecified atom stereocenters. The summed E-state index contributed by atoms with van der Waals surface area (Å²) in [5, 5.41) is 16.0. The molecule has 0 aliphatic heterocycles. The summed E-state index contributed by atoms with van der Waals surface area (Å²) in [5.41, 5.74) is 7.51. The number of aromatic nitrogens is 3. The zero-order valence-electron chi connectivity index (χ0n) is 7.98. The van der Waals surface area contributed by atoms with Gasteiger partial charge in [0.2, 0.25) is 0 Å². The second-order valence-corrected chi connectivity index (χ2v) is 2.83. The molecular weight excluding hydrogens is 192 g/mol. The van der Waals surface area contributed by atoms with Crippen molar-refractivity contribution in [3.8, 4) is 0 Å². The molecule has 0 fully saturated rings. The van der Waals surface area contributed by atoms with Gasteiger partial charge in [0.05, 0.1) is 6.54 Å². The number of nitrogens with zero attached hydrogens (tertiary/aromatic N) is 5. The van der Waals surface area contributed by atoms with Crippen molar-refractivity contribution in [1.82, 2.24) is 14.8 Å². The number of nitrogens with two attached hydrogens (primary N) is 1. The summed E-state index contributed by atoms with van der Waals surface area (Å²) in [5.74, 6) is 0. The summed E-state index contributed by atoms with van der Waals surface area (Å²) in [6.45, 7) is 0.736. The molecule has 6 nitrogen and oxygen atoms in total. The zero-order valence-corrected chi connectivity index (χ0v) is 7.98. The Bertz CT molecular complexity index is 402. The maximum atomic E-state index is 6.00. The van der Waals surface area contributed by atoms with Crippen molar-refractivity contribution >= 4 is 5.69 Å². The van der Waals surface area contributed by atoms with Gasteiger partial charge in [-0.3, -0.25) is 0 Å². The molecule has 1 aromatic heterocycles. The Morgan fingerprint density at radius 1 is 1.20 bits per heavy atom. The molecule has 0 aliphatic carbocycles. The van der Waals surface area contributed by atoms with Crippen LogP contribution in [0, 0.1) is 10.8 Å². The lowest BCUT2D eigenvalue weighted by molar-refractivity contribution is 0.685. The van der Waals surface area contributed by atoms with Gasteiger partial charge < -0.3 is 5.73 Å². The summed E-state index contributed by atoms with van der Waals surface area (Å²) < 4.78 is 1.77. The highest BCUT2D eigenvalue weighted by Gasteiger charge is 1.94. The summed E-state index contributed by atoms with van der Waals surface area (Å²) >= 11 is 0. The average molecular weight is 202 g/mol. The molecule has 0 saturated carbocycles. The van der Waals surface area contributed by atoms with E-state index in [-0.39, 0.29) is 0 Å². The van der Waals surface area contributed by atoms with Crippen LogP contribution in [0.3, 0.4) is 0 Å². The standard InChI is InChI=1S/C9H10N4.N2/c10-9-3-1-8(2-4-9)5-13-7-11-6-12-13;1-2/h1-4,6-7H,5,10H2;. The van der Waals surface area contributed by atoms with E-state index < -0.39 is 0 Å². The van der Waals surface area contributed by atoms with Gasteiger partial charge in [0.1, 0.15) is 12.7 Å². The van der Waals surface area contributed by atoms with Gasteiger partial charge in [-0.25, -0.2) is 9.67 Å². The molecule has 2 aromatic rings. The molecular formula is C9H10N6. The fraction of sp³-hybridized carbons (Fsp3) is 0.111. The lowest BCUT2D eigenvalue weighted by Gasteiger charge is -2.00. The van der Waals surface area contributed by atoms with Crippen molar-refractivity contribution in [2.75, 3.05) is 5.73 Å². The van der Waals surface area contributed by atoms with E-state index in [9.17, 15) is 0 Å². The molecule has 0 spiro atoms. The third-order valence-corrected chi connectivity index (χ3v) is 1.79. The molecule has 1 aromatic carbocycles. The molecule has 0 bridgehead atoms. The van der Waals surface area contributed by atoms with Crippen molar-refractivity contribution in [3.05, 3.63) is 42.5 Å². The van der Waals surface area contributed by atoms with Gasteiger partial charge in [0.15, 0.2) is 0 Å². The third-order valence-electron chi connectivity index (χ3n) is 1.79. The first kappa shape index (κ1) is 10.7. The Hall–Kier alpha value is -2.42. The Labute approximate surface area is 86.8 Å². The van der Waals surface area contributed by atoms with Crippen LogP contribution in [0.4, 0.5) is 5.69 Å². The summed E-state index contributed by atoms with van der Waals surface area (Å²) in [6.07, 6.45) is 3.22. The van der Waals surface area contributed by atoms with E-state index in [1.807, 2.05) is 24.3 Å². The topological polar surface area (TPSA) is 104 Å². The molecule has 0 radical (unpaired) electrons. The van der Waals surface area contributed by atoms with Gasteiger partial charge >= 0.3 is 0 Å². The van der Waals surface area contributed by atoms with Crippen LogP contribution in [0.25, 0.3) is 0 Å². The predicted molar refractivity (Wildman–Crippen MR) is 53.4 cm³/mol. The van der Waals surface area contributed by atoms with Crippen LogP contribution < -0.4 is 5.73 Å². The highest BCUT2D eigenvalue weighted by molar-refractivity contribution is 5.39. The summed E-state index contributed by atoms with van der Waals surface area (Å²) in [6, 6.07) is 7.73. The van der Waals surface area contributed by atoms with Gasteiger partial charge in [0.25, 0.3) is 0 Å². The summed E-state index contributed by atoms with van der Waals surface area (Å²) in [7, 11) is 0. The highest BCUT2D eigenvalue weighted by Crippen LogP contribution is 2.06. The second-order valence-electron chi connectivity index (χ2n) is 2.83. The first-order valence-electron chi connectivity index (χ1n) is 4.21. The summed E-state index contributed by atoms with van der Waals surface area (Å²) in [4.78, 5) is 3.86. The maximum absolute atomic E-state index is 6.00. The van der Waals surface area contributed by atoms with E-state index in [0.29, 0.717) is 0 Å². The average Bonchev–Trinajstić information content (AvgIpc) is 2.77. The van der Waals surface area contributed by atoms with E-state index >= 15 is 0 Å². The van der Waals surface area contributed by atoms with Crippen LogP contribution in [0.2, 0.25) is 0 Å². The number of hydrogen-bond donors (Lipinski definition) is 1. The molecule has 76 valence electrons. The predicted octanol–water partition coefficient (Wildman–Crippen LogP) is 0.939. The fourth-order valence-electron chi connectivity index (χ4n) is 1.12. The van der Waals surface area contributed by atoms with Crippen molar-refractivity contribution in [1.29, 1.82) is 10.8 Å². The minimum Gasteiger partial charge on any atom is -0.399 e. The first-order valence-corrected chi connectivity index (χ1v) is 4.21. The molecule has 0 saturated heterocycles. The van der Waals surface area contributed by atoms with E-state index in [4.69, 9.17) is 16.5 Å². The molecule has 6 heteroatoms. The van der Waals surface area contributed by atoms with E-state index in [0.717, 1.165) is 12.2 Å². The zero-order chi connectivity index (χ0) is 11.1. The van der Waals surface area contributed by atoms with Gasteiger partial charge in [-0.15, -0.1) is 0 Å². The quantitative estimate of drug-likeness (QED) is 0.576. The fourth-order valence-corrected chi connectivity index (χ4v) is 1.12. The Balaban J connectivity index is 0.000000531. The van der Waals surface area contributed by atoms with Crippen molar-refractivity contribution in [3.63, 3.8) is 0 Å². The largest absolute Gasteiger partial charge is 0.399 e. The van der Waals surface area contributed by atoms with Crippen LogP contribution >= 0.6 is 0 Å². The minimum atomic E-state index is 0.736. The lowest BCUT2D eigenvalue weighted by Crippen LogP contribution is -1.99. The van der Waals surface area contributed by atoms with Crippen molar-refractivity contribution in [2.24, 2.45) is 0 Å². The number of hydrogen-bond acceptors (Lipinski definition) is 5. The van der Waals surface area contributed by atoms with Gasteiger partial charge in [-0.05, 0) is 17.7 Å².